The van der Waals surface area contributed by atoms with Crippen molar-refractivity contribution in [2.75, 3.05) is 5.43 Å². The normalized spacial score (nSPS) is 14.4. The summed E-state index contributed by atoms with van der Waals surface area (Å²) in [6.07, 6.45) is 5.25. The largest absolute Gasteiger partial charge is 0.308 e. The number of nitrogen functional groups attached to an aromatic ring is 1. The van der Waals surface area contributed by atoms with Gasteiger partial charge in [0, 0.05) is 16.8 Å². The SMILES string of the molecule is NNc1nc(-c2ccc(F)c(Cl)c2)nc2c1CCCCC2. The summed E-state index contributed by atoms with van der Waals surface area (Å²) in [4.78, 5) is 9.09. The molecule has 6 heteroatoms. The molecule has 0 atom stereocenters. The van der Waals surface area contributed by atoms with Gasteiger partial charge in [-0.1, -0.05) is 18.0 Å². The second-order valence-electron chi connectivity index (χ2n) is 5.15. The van der Waals surface area contributed by atoms with E-state index < -0.39 is 5.82 Å². The topological polar surface area (TPSA) is 63.8 Å². The molecule has 0 saturated heterocycles. The van der Waals surface area contributed by atoms with Gasteiger partial charge in [0.2, 0.25) is 0 Å². The molecule has 0 aliphatic heterocycles. The molecule has 4 nitrogen and oxygen atoms in total. The van der Waals surface area contributed by atoms with Crippen LogP contribution in [0, 0.1) is 5.82 Å². The van der Waals surface area contributed by atoms with Gasteiger partial charge in [-0.05, 0) is 43.9 Å². The van der Waals surface area contributed by atoms with Crippen molar-refractivity contribution in [1.82, 2.24) is 9.97 Å². The quantitative estimate of drug-likeness (QED) is 0.506. The maximum absolute atomic E-state index is 13.3. The van der Waals surface area contributed by atoms with E-state index in [1.54, 1.807) is 6.07 Å². The summed E-state index contributed by atoms with van der Waals surface area (Å²) in [7, 11) is 0. The molecule has 0 unspecified atom stereocenters. The lowest BCUT2D eigenvalue weighted by Crippen LogP contribution is -2.14. The summed E-state index contributed by atoms with van der Waals surface area (Å²) >= 11 is 5.84. The zero-order valence-corrected chi connectivity index (χ0v) is 12.3. The van der Waals surface area contributed by atoms with Gasteiger partial charge in [0.05, 0.1) is 5.02 Å². The van der Waals surface area contributed by atoms with Crippen molar-refractivity contribution in [3.8, 4) is 11.4 Å². The molecule has 0 amide bonds. The number of anilines is 1. The Morgan fingerprint density at radius 1 is 1.14 bits per heavy atom. The van der Waals surface area contributed by atoms with Crippen molar-refractivity contribution in [2.24, 2.45) is 5.84 Å². The third-order valence-corrected chi connectivity index (χ3v) is 4.04. The number of fused-ring (bicyclic) bond motifs is 1. The standard InChI is InChI=1S/C15H16ClFN4/c16-11-8-9(6-7-12(11)17)14-19-13-5-3-1-2-4-10(13)15(20-14)21-18/h6-8H,1-5,18H2,(H,19,20,21). The fraction of sp³-hybridized carbons (Fsp3) is 0.333. The van der Waals surface area contributed by atoms with Crippen molar-refractivity contribution in [3.63, 3.8) is 0 Å². The Hall–Kier alpha value is -1.72. The first-order chi connectivity index (χ1) is 10.2. The van der Waals surface area contributed by atoms with Crippen molar-refractivity contribution >= 4 is 17.4 Å². The predicted octanol–water partition coefficient (Wildman–Crippen LogP) is 3.49. The average Bonchev–Trinajstić information content (AvgIpc) is 2.74. The molecule has 21 heavy (non-hydrogen) atoms. The Balaban J connectivity index is 2.10. The third-order valence-electron chi connectivity index (χ3n) is 3.75. The van der Waals surface area contributed by atoms with E-state index in [1.165, 1.54) is 18.6 Å². The number of aromatic nitrogens is 2. The number of hydrogen-bond donors (Lipinski definition) is 2. The van der Waals surface area contributed by atoms with E-state index in [0.29, 0.717) is 17.2 Å². The van der Waals surface area contributed by atoms with E-state index >= 15 is 0 Å². The van der Waals surface area contributed by atoms with Gasteiger partial charge in [0.15, 0.2) is 5.82 Å². The number of nitrogens with two attached hydrogens (primary N) is 1. The van der Waals surface area contributed by atoms with E-state index in [1.807, 2.05) is 0 Å². The van der Waals surface area contributed by atoms with Crippen molar-refractivity contribution in [2.45, 2.75) is 32.1 Å². The molecule has 2 aromatic rings. The van der Waals surface area contributed by atoms with Crippen LogP contribution in [0.2, 0.25) is 5.02 Å². The Morgan fingerprint density at radius 3 is 2.71 bits per heavy atom. The Bertz CT molecular complexity index is 675. The van der Waals surface area contributed by atoms with E-state index in [0.717, 1.165) is 36.9 Å². The molecule has 3 rings (SSSR count). The average molecular weight is 307 g/mol. The van der Waals surface area contributed by atoms with Crippen molar-refractivity contribution < 1.29 is 4.39 Å². The zero-order chi connectivity index (χ0) is 14.8. The first-order valence-electron chi connectivity index (χ1n) is 7.01. The summed E-state index contributed by atoms with van der Waals surface area (Å²) in [6.45, 7) is 0. The van der Waals surface area contributed by atoms with E-state index in [2.05, 4.69) is 15.4 Å². The van der Waals surface area contributed by atoms with Crippen LogP contribution in [-0.4, -0.2) is 9.97 Å². The molecule has 1 aliphatic rings. The van der Waals surface area contributed by atoms with E-state index in [4.69, 9.17) is 17.4 Å². The van der Waals surface area contributed by atoms with Gasteiger partial charge in [-0.2, -0.15) is 0 Å². The minimum absolute atomic E-state index is 0.0632. The van der Waals surface area contributed by atoms with Gasteiger partial charge >= 0.3 is 0 Å². The molecular weight excluding hydrogens is 291 g/mol. The first-order valence-corrected chi connectivity index (χ1v) is 7.38. The Morgan fingerprint density at radius 2 is 1.95 bits per heavy atom. The van der Waals surface area contributed by atoms with Crippen LogP contribution in [0.3, 0.4) is 0 Å². The minimum Gasteiger partial charge on any atom is -0.308 e. The lowest BCUT2D eigenvalue weighted by molar-refractivity contribution is 0.628. The lowest BCUT2D eigenvalue weighted by atomic mass is 10.1. The Labute approximate surface area is 127 Å². The first kappa shape index (κ1) is 14.2. The van der Waals surface area contributed by atoms with Crippen LogP contribution in [0.5, 0.6) is 0 Å². The monoisotopic (exact) mass is 306 g/mol. The number of halogens is 2. The van der Waals surface area contributed by atoms with Crippen LogP contribution in [-0.2, 0) is 12.8 Å². The number of aryl methyl sites for hydroxylation is 1. The molecule has 3 N–H and O–H groups in total. The van der Waals surface area contributed by atoms with Gasteiger partial charge in [-0.25, -0.2) is 20.2 Å². The second-order valence-corrected chi connectivity index (χ2v) is 5.56. The summed E-state index contributed by atoms with van der Waals surface area (Å²) in [5, 5.41) is 0.0632. The minimum atomic E-state index is -0.452. The molecule has 0 spiro atoms. The molecule has 0 radical (unpaired) electrons. The number of nitrogens with one attached hydrogen (secondary N) is 1. The van der Waals surface area contributed by atoms with Gasteiger partial charge in [-0.15, -0.1) is 0 Å². The molecule has 0 bridgehead atoms. The van der Waals surface area contributed by atoms with Crippen LogP contribution in [0.4, 0.5) is 10.2 Å². The third kappa shape index (κ3) is 2.84. The molecule has 1 heterocycles. The number of nitrogens with zero attached hydrogens (tertiary/aromatic N) is 2. The smallest absolute Gasteiger partial charge is 0.161 e. The number of rotatable bonds is 2. The fourth-order valence-corrected chi connectivity index (χ4v) is 2.84. The molecular formula is C15H16ClFN4. The number of hydrogen-bond acceptors (Lipinski definition) is 4. The van der Waals surface area contributed by atoms with Gasteiger partial charge in [0.25, 0.3) is 0 Å². The highest BCUT2D eigenvalue weighted by Crippen LogP contribution is 2.29. The van der Waals surface area contributed by atoms with Crippen molar-refractivity contribution in [1.29, 1.82) is 0 Å². The van der Waals surface area contributed by atoms with Crippen LogP contribution in [0.25, 0.3) is 11.4 Å². The molecule has 0 fully saturated rings. The Kier molecular flexibility index (Phi) is 4.03. The molecule has 1 aliphatic carbocycles. The fourth-order valence-electron chi connectivity index (χ4n) is 2.65. The molecule has 1 aromatic carbocycles. The van der Waals surface area contributed by atoms with Crippen LogP contribution >= 0.6 is 11.6 Å². The van der Waals surface area contributed by atoms with Gasteiger partial charge < -0.3 is 5.43 Å². The number of benzene rings is 1. The van der Waals surface area contributed by atoms with Gasteiger partial charge in [-0.3, -0.25) is 0 Å². The summed E-state index contributed by atoms with van der Waals surface area (Å²) in [5.41, 5.74) is 5.46. The maximum atomic E-state index is 13.3. The molecule has 0 saturated carbocycles. The predicted molar refractivity (Wildman–Crippen MR) is 81.5 cm³/mol. The van der Waals surface area contributed by atoms with Crippen molar-refractivity contribution in [3.05, 3.63) is 40.3 Å². The highest BCUT2D eigenvalue weighted by Gasteiger charge is 2.17. The van der Waals surface area contributed by atoms with Crippen LogP contribution in [0.15, 0.2) is 18.2 Å². The summed E-state index contributed by atoms with van der Waals surface area (Å²) in [6, 6.07) is 4.48. The van der Waals surface area contributed by atoms with Gasteiger partial charge in [0.1, 0.15) is 11.6 Å². The molecule has 1 aromatic heterocycles. The van der Waals surface area contributed by atoms with Crippen LogP contribution in [0.1, 0.15) is 30.5 Å². The highest BCUT2D eigenvalue weighted by atomic mass is 35.5. The lowest BCUT2D eigenvalue weighted by Gasteiger charge is -2.13. The highest BCUT2D eigenvalue weighted by molar-refractivity contribution is 6.31. The summed E-state index contributed by atoms with van der Waals surface area (Å²) in [5.74, 6) is 6.32. The zero-order valence-electron chi connectivity index (χ0n) is 11.5. The number of hydrazine groups is 1. The maximum Gasteiger partial charge on any atom is 0.161 e. The summed E-state index contributed by atoms with van der Waals surface area (Å²) < 4.78 is 13.3. The van der Waals surface area contributed by atoms with Crippen LogP contribution < -0.4 is 11.3 Å². The second kappa shape index (κ2) is 5.95. The van der Waals surface area contributed by atoms with E-state index in [9.17, 15) is 4.39 Å². The van der Waals surface area contributed by atoms with E-state index in [-0.39, 0.29) is 5.02 Å². The molecule has 110 valence electrons.